The van der Waals surface area contributed by atoms with Gasteiger partial charge in [0.2, 0.25) is 0 Å². The topological polar surface area (TPSA) is 67.4 Å². The van der Waals surface area contributed by atoms with E-state index in [2.05, 4.69) is 17.6 Å². The van der Waals surface area contributed by atoms with Gasteiger partial charge in [-0.05, 0) is 48.7 Å². The summed E-state index contributed by atoms with van der Waals surface area (Å²) in [6, 6.07) is 24.1. The minimum atomic E-state index is -0.287. The maximum absolute atomic E-state index is 12.8. The summed E-state index contributed by atoms with van der Waals surface area (Å²) >= 11 is 0. The molecule has 3 aromatic carbocycles. The van der Waals surface area contributed by atoms with Crippen molar-refractivity contribution in [2.75, 3.05) is 18.5 Å². The average Bonchev–Trinajstić information content (AvgIpc) is 2.80. The van der Waals surface area contributed by atoms with Gasteiger partial charge in [0, 0.05) is 12.1 Å². The van der Waals surface area contributed by atoms with Gasteiger partial charge in [-0.15, -0.1) is 0 Å². The number of hydrogen-bond acceptors (Lipinski definition) is 3. The minimum Gasteiger partial charge on any atom is -0.494 e. The number of hydrogen-bond donors (Lipinski definition) is 2. The molecule has 0 aliphatic carbocycles. The number of amides is 2. The second-order valence-electron chi connectivity index (χ2n) is 7.22. The van der Waals surface area contributed by atoms with E-state index < -0.39 is 0 Å². The lowest BCUT2D eigenvalue weighted by Gasteiger charge is -2.12. The van der Waals surface area contributed by atoms with Crippen molar-refractivity contribution in [2.24, 2.45) is 0 Å². The van der Waals surface area contributed by atoms with Crippen LogP contribution in [0.4, 0.5) is 5.69 Å². The Bertz CT molecular complexity index is 1000. The third-order valence-electron chi connectivity index (χ3n) is 4.82. The van der Waals surface area contributed by atoms with Gasteiger partial charge < -0.3 is 15.4 Å². The zero-order valence-electron chi connectivity index (χ0n) is 17.8. The molecule has 0 spiro atoms. The summed E-state index contributed by atoms with van der Waals surface area (Å²) in [6.07, 6.45) is 2.75. The van der Waals surface area contributed by atoms with Crippen LogP contribution in [0.15, 0.2) is 78.9 Å². The van der Waals surface area contributed by atoms with Crippen LogP contribution in [0, 0.1) is 0 Å². The van der Waals surface area contributed by atoms with Gasteiger partial charge in [0.1, 0.15) is 5.75 Å². The largest absolute Gasteiger partial charge is 0.494 e. The molecule has 3 rings (SSSR count). The first kappa shape index (κ1) is 22.1. The molecule has 0 atom stereocenters. The van der Waals surface area contributed by atoms with Crippen molar-refractivity contribution in [3.05, 3.63) is 95.6 Å². The molecule has 0 saturated carbocycles. The Morgan fingerprint density at radius 1 is 0.871 bits per heavy atom. The van der Waals surface area contributed by atoms with Gasteiger partial charge in [-0.2, -0.15) is 0 Å². The molecule has 31 heavy (non-hydrogen) atoms. The highest BCUT2D eigenvalue weighted by atomic mass is 16.5. The first-order valence-corrected chi connectivity index (χ1v) is 10.6. The fourth-order valence-corrected chi connectivity index (χ4v) is 3.11. The number of ether oxygens (including phenoxy) is 1. The summed E-state index contributed by atoms with van der Waals surface area (Å²) in [5.74, 6) is 0.155. The summed E-state index contributed by atoms with van der Waals surface area (Å²) in [5, 5.41) is 5.78. The smallest absolute Gasteiger partial charge is 0.255 e. The highest BCUT2D eigenvalue weighted by Gasteiger charge is 2.14. The van der Waals surface area contributed by atoms with Crippen molar-refractivity contribution in [1.29, 1.82) is 0 Å². The lowest BCUT2D eigenvalue weighted by molar-refractivity contribution is 0.0955. The molecule has 0 aliphatic heterocycles. The van der Waals surface area contributed by atoms with Crippen LogP contribution >= 0.6 is 0 Å². The van der Waals surface area contributed by atoms with Crippen molar-refractivity contribution >= 4 is 17.5 Å². The summed E-state index contributed by atoms with van der Waals surface area (Å²) in [4.78, 5) is 25.5. The second kappa shape index (κ2) is 11.6. The van der Waals surface area contributed by atoms with E-state index in [1.54, 1.807) is 42.5 Å². The molecule has 0 heterocycles. The van der Waals surface area contributed by atoms with Crippen LogP contribution in [-0.2, 0) is 6.42 Å². The first-order chi connectivity index (χ1) is 15.2. The summed E-state index contributed by atoms with van der Waals surface area (Å²) in [5.41, 5.74) is 2.54. The molecule has 0 fully saturated rings. The monoisotopic (exact) mass is 416 g/mol. The Labute approximate surface area is 183 Å². The van der Waals surface area contributed by atoms with Crippen molar-refractivity contribution in [1.82, 2.24) is 5.32 Å². The molecule has 5 heteroatoms. The predicted molar refractivity (Wildman–Crippen MR) is 124 cm³/mol. The highest BCUT2D eigenvalue weighted by molar-refractivity contribution is 6.09. The molecule has 5 nitrogen and oxygen atoms in total. The zero-order valence-corrected chi connectivity index (χ0v) is 17.8. The first-order valence-electron chi connectivity index (χ1n) is 10.6. The molecule has 0 unspecified atom stereocenters. The number of benzene rings is 3. The Hall–Kier alpha value is -3.60. The van der Waals surface area contributed by atoms with Crippen molar-refractivity contribution < 1.29 is 14.3 Å². The van der Waals surface area contributed by atoms with E-state index >= 15 is 0 Å². The van der Waals surface area contributed by atoms with Gasteiger partial charge in [0.05, 0.1) is 17.9 Å². The number of nitrogens with one attached hydrogen (secondary N) is 2. The Morgan fingerprint density at radius 2 is 1.65 bits per heavy atom. The Balaban J connectivity index is 1.62. The molecule has 2 amide bonds. The minimum absolute atomic E-state index is 0.219. The molecule has 0 radical (unpaired) electrons. The quantitative estimate of drug-likeness (QED) is 0.452. The molecular weight excluding hydrogens is 388 g/mol. The van der Waals surface area contributed by atoms with Gasteiger partial charge in [0.15, 0.2) is 0 Å². The maximum Gasteiger partial charge on any atom is 0.255 e. The van der Waals surface area contributed by atoms with Crippen LogP contribution in [0.25, 0.3) is 0 Å². The summed E-state index contributed by atoms with van der Waals surface area (Å²) in [7, 11) is 0. The zero-order chi connectivity index (χ0) is 21.9. The average molecular weight is 417 g/mol. The molecule has 160 valence electrons. The van der Waals surface area contributed by atoms with Crippen molar-refractivity contribution in [3.8, 4) is 5.75 Å². The number of para-hydroxylation sites is 1. The van der Waals surface area contributed by atoms with E-state index in [4.69, 9.17) is 4.74 Å². The number of anilines is 1. The predicted octanol–water partition coefficient (Wildman–Crippen LogP) is 5.09. The fraction of sp³-hybridized carbons (Fsp3) is 0.231. The fourth-order valence-electron chi connectivity index (χ4n) is 3.11. The molecule has 0 bridgehead atoms. The normalized spacial score (nSPS) is 10.4. The van der Waals surface area contributed by atoms with Crippen molar-refractivity contribution in [3.63, 3.8) is 0 Å². The van der Waals surface area contributed by atoms with E-state index in [0.29, 0.717) is 35.7 Å². The third-order valence-corrected chi connectivity index (χ3v) is 4.82. The summed E-state index contributed by atoms with van der Waals surface area (Å²) < 4.78 is 5.69. The maximum atomic E-state index is 12.8. The molecule has 0 aromatic heterocycles. The van der Waals surface area contributed by atoms with E-state index in [1.165, 1.54) is 0 Å². The lowest BCUT2D eigenvalue weighted by Crippen LogP contribution is -2.27. The number of rotatable bonds is 10. The van der Waals surface area contributed by atoms with Crippen LogP contribution < -0.4 is 15.4 Å². The number of carbonyl (C=O) groups excluding carboxylic acids is 2. The molecule has 0 saturated heterocycles. The van der Waals surface area contributed by atoms with Gasteiger partial charge in [-0.1, -0.05) is 61.9 Å². The number of carbonyl (C=O) groups is 2. The van der Waals surface area contributed by atoms with Crippen LogP contribution in [0.1, 0.15) is 46.0 Å². The third kappa shape index (κ3) is 6.71. The molecule has 2 N–H and O–H groups in total. The van der Waals surface area contributed by atoms with Gasteiger partial charge in [0.25, 0.3) is 11.8 Å². The van der Waals surface area contributed by atoms with E-state index in [0.717, 1.165) is 24.8 Å². The molecular formula is C26H28N2O3. The van der Waals surface area contributed by atoms with Crippen molar-refractivity contribution in [2.45, 2.75) is 26.2 Å². The van der Waals surface area contributed by atoms with Gasteiger partial charge in [-0.3, -0.25) is 9.59 Å². The van der Waals surface area contributed by atoms with E-state index in [-0.39, 0.29) is 11.8 Å². The van der Waals surface area contributed by atoms with Crippen LogP contribution in [0.5, 0.6) is 5.75 Å². The van der Waals surface area contributed by atoms with E-state index in [1.807, 2.05) is 36.4 Å². The van der Waals surface area contributed by atoms with Gasteiger partial charge >= 0.3 is 0 Å². The van der Waals surface area contributed by atoms with E-state index in [9.17, 15) is 9.59 Å². The number of unbranched alkanes of at least 4 members (excludes halogenated alkanes) is 1. The Morgan fingerprint density at radius 3 is 2.45 bits per heavy atom. The molecule has 0 aliphatic rings. The summed E-state index contributed by atoms with van der Waals surface area (Å²) in [6.45, 7) is 3.23. The molecule has 3 aromatic rings. The lowest BCUT2D eigenvalue weighted by atomic mass is 10.1. The van der Waals surface area contributed by atoms with Crippen LogP contribution in [0.2, 0.25) is 0 Å². The highest BCUT2D eigenvalue weighted by Crippen LogP contribution is 2.19. The second-order valence-corrected chi connectivity index (χ2v) is 7.22. The van der Waals surface area contributed by atoms with Gasteiger partial charge in [-0.25, -0.2) is 0 Å². The van der Waals surface area contributed by atoms with Crippen LogP contribution in [-0.4, -0.2) is 25.0 Å². The van der Waals surface area contributed by atoms with Crippen LogP contribution in [0.3, 0.4) is 0 Å². The Kier molecular flexibility index (Phi) is 8.23. The SMILES string of the molecule is CCCCOc1cccc(C(=O)Nc2ccccc2C(=O)NCCc2ccccc2)c1. The standard InChI is InChI=1S/C26H28N2O3/c1-2-3-18-31-22-13-9-12-21(19-22)25(29)28-24-15-8-7-14-23(24)26(30)27-17-16-20-10-5-4-6-11-20/h4-15,19H,2-3,16-18H2,1H3,(H,27,30)(H,28,29).